The molecular weight excluding hydrogens is 212 g/mol. The molecule has 2 rings (SSSR count). The Hall–Kier alpha value is -1.72. The van der Waals surface area contributed by atoms with E-state index >= 15 is 0 Å². The molecule has 0 saturated carbocycles. The molecule has 0 aliphatic carbocycles. The standard InChI is InChI=1S/C11H12O5/c12-8-6-16-9(10(8)11(13)14)4-3-7-2-1-5-15-7/h1-2,5-6,11-14H,3-4H2. The third-order valence-electron chi connectivity index (χ3n) is 2.33. The third kappa shape index (κ3) is 2.10. The fourth-order valence-corrected chi connectivity index (χ4v) is 1.56. The lowest BCUT2D eigenvalue weighted by Gasteiger charge is -2.03. The second-order valence-corrected chi connectivity index (χ2v) is 3.41. The lowest BCUT2D eigenvalue weighted by molar-refractivity contribution is -0.0449. The number of aromatic hydroxyl groups is 1. The largest absolute Gasteiger partial charge is 0.504 e. The van der Waals surface area contributed by atoms with E-state index in [9.17, 15) is 5.11 Å². The maximum absolute atomic E-state index is 9.32. The normalized spacial score (nSPS) is 11.2. The molecule has 3 N–H and O–H groups in total. The van der Waals surface area contributed by atoms with Crippen LogP contribution in [0.3, 0.4) is 0 Å². The second-order valence-electron chi connectivity index (χ2n) is 3.41. The third-order valence-corrected chi connectivity index (χ3v) is 2.33. The fourth-order valence-electron chi connectivity index (χ4n) is 1.56. The summed E-state index contributed by atoms with van der Waals surface area (Å²) in [7, 11) is 0. The summed E-state index contributed by atoms with van der Waals surface area (Å²) in [5, 5.41) is 27.4. The Balaban J connectivity index is 2.10. The van der Waals surface area contributed by atoms with E-state index in [0.29, 0.717) is 18.6 Å². The van der Waals surface area contributed by atoms with Crippen LogP contribution in [0.5, 0.6) is 5.75 Å². The predicted octanol–water partition coefficient (Wildman–Crippen LogP) is 1.35. The monoisotopic (exact) mass is 224 g/mol. The zero-order valence-electron chi connectivity index (χ0n) is 8.46. The molecule has 0 atom stereocenters. The van der Waals surface area contributed by atoms with Crippen LogP contribution in [-0.2, 0) is 12.8 Å². The van der Waals surface area contributed by atoms with Crippen molar-refractivity contribution in [3.05, 3.63) is 41.7 Å². The van der Waals surface area contributed by atoms with Crippen molar-refractivity contribution in [2.75, 3.05) is 0 Å². The van der Waals surface area contributed by atoms with Crippen LogP contribution in [0.4, 0.5) is 0 Å². The summed E-state index contributed by atoms with van der Waals surface area (Å²) in [6.45, 7) is 0. The number of aliphatic hydroxyl groups excluding tert-OH is 1. The van der Waals surface area contributed by atoms with E-state index in [-0.39, 0.29) is 11.3 Å². The SMILES string of the molecule is Oc1coc(CCc2ccco2)c1C(O)O. The molecule has 0 saturated heterocycles. The summed E-state index contributed by atoms with van der Waals surface area (Å²) in [6, 6.07) is 3.59. The number of hydrogen-bond acceptors (Lipinski definition) is 5. The smallest absolute Gasteiger partial charge is 0.185 e. The van der Waals surface area contributed by atoms with E-state index in [2.05, 4.69) is 0 Å². The highest BCUT2D eigenvalue weighted by Gasteiger charge is 2.19. The van der Waals surface area contributed by atoms with Crippen molar-refractivity contribution in [3.8, 4) is 5.75 Å². The fraction of sp³-hybridized carbons (Fsp3) is 0.273. The first kappa shape index (κ1) is 10.8. The van der Waals surface area contributed by atoms with Crippen molar-refractivity contribution in [2.45, 2.75) is 19.1 Å². The van der Waals surface area contributed by atoms with Gasteiger partial charge in [-0.2, -0.15) is 0 Å². The topological polar surface area (TPSA) is 87.0 Å². The number of hydrogen-bond donors (Lipinski definition) is 3. The Bertz CT molecular complexity index is 441. The quantitative estimate of drug-likeness (QED) is 0.682. The van der Waals surface area contributed by atoms with Crippen LogP contribution in [0.15, 0.2) is 33.5 Å². The first-order valence-corrected chi connectivity index (χ1v) is 4.86. The lowest BCUT2D eigenvalue weighted by atomic mass is 10.1. The number of rotatable bonds is 4. The van der Waals surface area contributed by atoms with Gasteiger partial charge in [0.1, 0.15) is 17.8 Å². The van der Waals surface area contributed by atoms with Gasteiger partial charge in [-0.3, -0.25) is 0 Å². The Morgan fingerprint density at radius 1 is 1.19 bits per heavy atom. The molecule has 0 spiro atoms. The average Bonchev–Trinajstić information content (AvgIpc) is 2.83. The van der Waals surface area contributed by atoms with Crippen LogP contribution in [-0.4, -0.2) is 15.3 Å². The summed E-state index contributed by atoms with van der Waals surface area (Å²) in [5.41, 5.74) is 0.0200. The maximum atomic E-state index is 9.32. The molecule has 5 heteroatoms. The average molecular weight is 224 g/mol. The van der Waals surface area contributed by atoms with E-state index in [1.54, 1.807) is 12.3 Å². The summed E-state index contributed by atoms with van der Waals surface area (Å²) >= 11 is 0. The first-order valence-electron chi connectivity index (χ1n) is 4.86. The van der Waals surface area contributed by atoms with Gasteiger partial charge in [0, 0.05) is 12.8 Å². The summed E-state index contributed by atoms with van der Waals surface area (Å²) < 4.78 is 10.2. The molecule has 16 heavy (non-hydrogen) atoms. The highest BCUT2D eigenvalue weighted by Crippen LogP contribution is 2.29. The predicted molar refractivity (Wildman–Crippen MR) is 53.7 cm³/mol. The zero-order chi connectivity index (χ0) is 11.5. The Morgan fingerprint density at radius 2 is 2.00 bits per heavy atom. The first-order chi connectivity index (χ1) is 7.68. The summed E-state index contributed by atoms with van der Waals surface area (Å²) in [5.74, 6) is 0.877. The molecule has 86 valence electrons. The van der Waals surface area contributed by atoms with Crippen molar-refractivity contribution < 1.29 is 24.2 Å². The van der Waals surface area contributed by atoms with E-state index < -0.39 is 6.29 Å². The second kappa shape index (κ2) is 4.42. The number of aryl methyl sites for hydroxylation is 2. The Kier molecular flexibility index (Phi) is 2.98. The molecule has 2 aromatic rings. The number of furan rings is 2. The van der Waals surface area contributed by atoms with Gasteiger partial charge in [0.15, 0.2) is 12.0 Å². The van der Waals surface area contributed by atoms with Crippen molar-refractivity contribution in [1.29, 1.82) is 0 Å². The van der Waals surface area contributed by atoms with E-state index in [0.717, 1.165) is 12.0 Å². The van der Waals surface area contributed by atoms with E-state index in [4.69, 9.17) is 19.0 Å². The molecule has 0 aromatic carbocycles. The molecular formula is C11H12O5. The van der Waals surface area contributed by atoms with Crippen molar-refractivity contribution >= 4 is 0 Å². The Morgan fingerprint density at radius 3 is 2.62 bits per heavy atom. The summed E-state index contributed by atoms with van der Waals surface area (Å²) in [4.78, 5) is 0. The molecule has 0 amide bonds. The van der Waals surface area contributed by atoms with Gasteiger partial charge in [-0.25, -0.2) is 0 Å². The van der Waals surface area contributed by atoms with E-state index in [1.807, 2.05) is 6.07 Å². The molecule has 0 radical (unpaired) electrons. The molecule has 0 unspecified atom stereocenters. The zero-order valence-corrected chi connectivity index (χ0v) is 8.46. The van der Waals surface area contributed by atoms with Crippen LogP contribution in [0.25, 0.3) is 0 Å². The molecule has 0 aliphatic heterocycles. The van der Waals surface area contributed by atoms with Crippen LogP contribution in [0, 0.1) is 0 Å². The molecule has 2 heterocycles. The lowest BCUT2D eigenvalue weighted by Crippen LogP contribution is -1.99. The molecule has 5 nitrogen and oxygen atoms in total. The van der Waals surface area contributed by atoms with Crippen molar-refractivity contribution in [1.82, 2.24) is 0 Å². The van der Waals surface area contributed by atoms with Gasteiger partial charge in [-0.1, -0.05) is 0 Å². The molecule has 0 bridgehead atoms. The Labute approximate surface area is 91.6 Å². The van der Waals surface area contributed by atoms with Crippen molar-refractivity contribution in [2.24, 2.45) is 0 Å². The van der Waals surface area contributed by atoms with Gasteiger partial charge in [0.25, 0.3) is 0 Å². The van der Waals surface area contributed by atoms with Gasteiger partial charge in [-0.15, -0.1) is 0 Å². The minimum Gasteiger partial charge on any atom is -0.504 e. The molecule has 0 aliphatic rings. The van der Waals surface area contributed by atoms with Gasteiger partial charge in [-0.05, 0) is 12.1 Å². The minimum atomic E-state index is -1.73. The minimum absolute atomic E-state index is 0.0200. The highest BCUT2D eigenvalue weighted by atomic mass is 16.5. The van der Waals surface area contributed by atoms with Crippen molar-refractivity contribution in [3.63, 3.8) is 0 Å². The van der Waals surface area contributed by atoms with Gasteiger partial charge in [0.2, 0.25) is 0 Å². The van der Waals surface area contributed by atoms with Crippen LogP contribution >= 0.6 is 0 Å². The summed E-state index contributed by atoms with van der Waals surface area (Å²) in [6.07, 6.45) is 1.93. The van der Waals surface area contributed by atoms with E-state index in [1.165, 1.54) is 0 Å². The van der Waals surface area contributed by atoms with Gasteiger partial charge in [0.05, 0.1) is 11.8 Å². The number of aliphatic hydroxyl groups is 2. The maximum Gasteiger partial charge on any atom is 0.185 e. The molecule has 0 fully saturated rings. The van der Waals surface area contributed by atoms with Crippen LogP contribution < -0.4 is 0 Å². The van der Waals surface area contributed by atoms with Crippen LogP contribution in [0.1, 0.15) is 23.4 Å². The molecule has 2 aromatic heterocycles. The van der Waals surface area contributed by atoms with Gasteiger partial charge >= 0.3 is 0 Å². The van der Waals surface area contributed by atoms with Gasteiger partial charge < -0.3 is 24.2 Å². The van der Waals surface area contributed by atoms with Crippen LogP contribution in [0.2, 0.25) is 0 Å². The highest BCUT2D eigenvalue weighted by molar-refractivity contribution is 5.33.